The maximum absolute atomic E-state index is 13.7. The number of halogens is 3. The lowest BCUT2D eigenvalue weighted by Crippen LogP contribution is -2.36. The largest absolute Gasteiger partial charge is 0.457 e. The van der Waals surface area contributed by atoms with Gasteiger partial charge in [0, 0.05) is 29.8 Å². The van der Waals surface area contributed by atoms with E-state index in [2.05, 4.69) is 5.32 Å². The number of nitro groups is 1. The highest BCUT2D eigenvalue weighted by Gasteiger charge is 2.36. The number of carbonyl (C=O) groups excluding carboxylic acids is 3. The second kappa shape index (κ2) is 9.68. The first-order valence-corrected chi connectivity index (χ1v) is 10.9. The van der Waals surface area contributed by atoms with Crippen LogP contribution < -0.4 is 5.32 Å². The molecule has 0 saturated carbocycles. The van der Waals surface area contributed by atoms with E-state index in [0.29, 0.717) is 22.7 Å². The van der Waals surface area contributed by atoms with Crippen molar-refractivity contribution in [2.45, 2.75) is 0 Å². The summed E-state index contributed by atoms with van der Waals surface area (Å²) in [6.07, 6.45) is 1.28. The van der Waals surface area contributed by atoms with Crippen molar-refractivity contribution >= 4 is 57.9 Å². The first-order chi connectivity index (χ1) is 16.6. The lowest BCUT2D eigenvalue weighted by atomic mass is 10.1. The fourth-order valence-corrected chi connectivity index (χ4v) is 4.11. The summed E-state index contributed by atoms with van der Waals surface area (Å²) in [5.74, 6) is -3.12. The molecule has 3 aromatic rings. The van der Waals surface area contributed by atoms with Crippen molar-refractivity contribution in [3.05, 3.63) is 86.0 Å². The number of nitrogens with one attached hydrogen (secondary N) is 1. The van der Waals surface area contributed by atoms with Crippen LogP contribution in [0.4, 0.5) is 25.0 Å². The van der Waals surface area contributed by atoms with Crippen molar-refractivity contribution in [3.8, 4) is 11.3 Å². The van der Waals surface area contributed by atoms with Gasteiger partial charge < -0.3 is 9.73 Å². The first-order valence-electron chi connectivity index (χ1n) is 9.67. The van der Waals surface area contributed by atoms with E-state index in [9.17, 15) is 33.3 Å². The molecule has 1 aliphatic heterocycles. The average Bonchev–Trinajstić information content (AvgIpc) is 3.36. The zero-order valence-electron chi connectivity index (χ0n) is 17.3. The zero-order valence-corrected chi connectivity index (χ0v) is 18.9. The van der Waals surface area contributed by atoms with Gasteiger partial charge in [-0.2, -0.15) is 0 Å². The fourth-order valence-electron chi connectivity index (χ4n) is 3.08. The molecule has 3 amide bonds. The van der Waals surface area contributed by atoms with Gasteiger partial charge in [-0.3, -0.25) is 29.4 Å². The minimum absolute atomic E-state index is 0.0400. The summed E-state index contributed by atoms with van der Waals surface area (Å²) in [4.78, 5) is 48.2. The first kappa shape index (κ1) is 24.1. The van der Waals surface area contributed by atoms with Crippen LogP contribution in [-0.4, -0.2) is 33.4 Å². The van der Waals surface area contributed by atoms with Crippen molar-refractivity contribution in [1.82, 2.24) is 4.90 Å². The lowest BCUT2D eigenvalue weighted by Gasteiger charge is -2.12. The van der Waals surface area contributed by atoms with Gasteiger partial charge in [-0.05, 0) is 42.1 Å². The maximum Gasteiger partial charge on any atom is 0.294 e. The summed E-state index contributed by atoms with van der Waals surface area (Å²) < 4.78 is 32.3. The fraction of sp³-hybridized carbons (Fsp3) is 0.0455. The van der Waals surface area contributed by atoms with Gasteiger partial charge in [0.05, 0.1) is 20.5 Å². The van der Waals surface area contributed by atoms with Gasteiger partial charge in [-0.15, -0.1) is 0 Å². The number of nitro benzene ring substituents is 1. The van der Waals surface area contributed by atoms with Gasteiger partial charge in [0.2, 0.25) is 5.91 Å². The van der Waals surface area contributed by atoms with E-state index in [0.717, 1.165) is 12.1 Å². The van der Waals surface area contributed by atoms with Crippen LogP contribution >= 0.6 is 23.4 Å². The Bertz CT molecular complexity index is 1420. The molecule has 178 valence electrons. The SMILES string of the molecule is O=C(CN1C(=O)S/C(=C/c2ccc(-c3cc([N+](=O)[O-])ccc3Cl)o2)C1=O)Nc1ccc(F)cc1F. The minimum atomic E-state index is -1.01. The molecule has 1 saturated heterocycles. The van der Waals surface area contributed by atoms with E-state index < -0.39 is 40.2 Å². The second-order valence-electron chi connectivity index (χ2n) is 7.06. The number of hydrogen-bond acceptors (Lipinski definition) is 7. The third-order valence-corrected chi connectivity index (χ3v) is 5.94. The molecule has 1 aromatic heterocycles. The Hall–Kier alpha value is -4.03. The number of anilines is 1. The number of furan rings is 1. The monoisotopic (exact) mass is 519 g/mol. The molecule has 2 aromatic carbocycles. The van der Waals surface area contributed by atoms with E-state index >= 15 is 0 Å². The Labute approximate surface area is 204 Å². The summed E-state index contributed by atoms with van der Waals surface area (Å²) in [6.45, 7) is -0.689. The van der Waals surface area contributed by atoms with Crippen LogP contribution in [0.2, 0.25) is 5.02 Å². The van der Waals surface area contributed by atoms with Crippen LogP contribution in [0.15, 0.2) is 57.9 Å². The normalized spacial score (nSPS) is 14.6. The van der Waals surface area contributed by atoms with E-state index in [1.165, 1.54) is 36.4 Å². The Balaban J connectivity index is 1.49. The Morgan fingerprint density at radius 2 is 1.94 bits per heavy atom. The van der Waals surface area contributed by atoms with Crippen molar-refractivity contribution in [2.24, 2.45) is 0 Å². The molecule has 0 aliphatic carbocycles. The number of nitrogens with zero attached hydrogens (tertiary/aromatic N) is 2. The summed E-state index contributed by atoms with van der Waals surface area (Å²) in [6, 6.07) is 9.34. The molecule has 9 nitrogen and oxygen atoms in total. The van der Waals surface area contributed by atoms with Gasteiger partial charge in [-0.25, -0.2) is 8.78 Å². The summed E-state index contributed by atoms with van der Waals surface area (Å²) in [5.41, 5.74) is -0.234. The van der Waals surface area contributed by atoms with Crippen molar-refractivity contribution < 1.29 is 32.5 Å². The van der Waals surface area contributed by atoms with Gasteiger partial charge in [0.15, 0.2) is 0 Å². The summed E-state index contributed by atoms with van der Waals surface area (Å²) >= 11 is 6.68. The molecular formula is C22H12ClF2N3O6S. The van der Waals surface area contributed by atoms with Crippen molar-refractivity contribution in [1.29, 1.82) is 0 Å². The van der Waals surface area contributed by atoms with Crippen LogP contribution in [0.3, 0.4) is 0 Å². The third-order valence-electron chi connectivity index (χ3n) is 4.71. The molecule has 0 bridgehead atoms. The molecule has 0 atom stereocenters. The molecule has 0 spiro atoms. The minimum Gasteiger partial charge on any atom is -0.457 e. The number of rotatable bonds is 6. The second-order valence-corrected chi connectivity index (χ2v) is 8.46. The number of hydrogen-bond donors (Lipinski definition) is 1. The molecule has 13 heteroatoms. The van der Waals surface area contributed by atoms with E-state index in [1.807, 2.05) is 0 Å². The molecule has 0 radical (unpaired) electrons. The van der Waals surface area contributed by atoms with Crippen LogP contribution in [0, 0.1) is 21.7 Å². The highest BCUT2D eigenvalue weighted by molar-refractivity contribution is 8.18. The van der Waals surface area contributed by atoms with Crippen LogP contribution in [0.5, 0.6) is 0 Å². The Kier molecular flexibility index (Phi) is 6.67. The Morgan fingerprint density at radius 3 is 2.66 bits per heavy atom. The number of non-ortho nitro benzene ring substituents is 1. The zero-order chi connectivity index (χ0) is 25.3. The quantitative estimate of drug-likeness (QED) is 0.260. The smallest absolute Gasteiger partial charge is 0.294 e. The summed E-state index contributed by atoms with van der Waals surface area (Å²) in [5, 5.41) is 12.7. The molecule has 0 unspecified atom stereocenters. The van der Waals surface area contributed by atoms with E-state index in [4.69, 9.17) is 16.0 Å². The highest BCUT2D eigenvalue weighted by Crippen LogP contribution is 2.35. The number of imide groups is 1. The molecule has 4 rings (SSSR count). The van der Waals surface area contributed by atoms with Crippen LogP contribution in [0.25, 0.3) is 17.4 Å². The predicted octanol–water partition coefficient (Wildman–Crippen LogP) is 5.46. The van der Waals surface area contributed by atoms with Crippen LogP contribution in [-0.2, 0) is 9.59 Å². The number of benzene rings is 2. The molecule has 1 fully saturated rings. The molecule has 1 N–H and O–H groups in total. The highest BCUT2D eigenvalue weighted by atomic mass is 35.5. The van der Waals surface area contributed by atoms with Crippen molar-refractivity contribution in [2.75, 3.05) is 11.9 Å². The molecule has 1 aliphatic rings. The van der Waals surface area contributed by atoms with Gasteiger partial charge >= 0.3 is 0 Å². The van der Waals surface area contributed by atoms with Gasteiger partial charge in [-0.1, -0.05) is 11.6 Å². The molecule has 35 heavy (non-hydrogen) atoms. The van der Waals surface area contributed by atoms with E-state index in [1.54, 1.807) is 0 Å². The predicted molar refractivity (Wildman–Crippen MR) is 123 cm³/mol. The third kappa shape index (κ3) is 5.23. The average molecular weight is 520 g/mol. The molecular weight excluding hydrogens is 508 g/mol. The van der Waals surface area contributed by atoms with E-state index in [-0.39, 0.29) is 38.4 Å². The maximum atomic E-state index is 13.7. The summed E-state index contributed by atoms with van der Waals surface area (Å²) in [7, 11) is 0. The number of amides is 3. The van der Waals surface area contributed by atoms with Crippen LogP contribution in [0.1, 0.15) is 5.76 Å². The topological polar surface area (TPSA) is 123 Å². The standard InChI is InChI=1S/C22H12ClF2N3O6S/c23-15-4-2-12(28(32)33)8-14(15)18-6-3-13(34-18)9-19-21(30)27(22(31)35-19)10-20(29)26-17-5-1-11(24)7-16(17)25/h1-9H,10H2,(H,26,29)/b19-9+. The van der Waals surface area contributed by atoms with Gasteiger partial charge in [0.25, 0.3) is 16.8 Å². The Morgan fingerprint density at radius 1 is 1.17 bits per heavy atom. The van der Waals surface area contributed by atoms with Gasteiger partial charge in [0.1, 0.15) is 29.7 Å². The number of thioether (sulfide) groups is 1. The molecule has 2 heterocycles. The number of carbonyl (C=O) groups is 3. The van der Waals surface area contributed by atoms with Crippen molar-refractivity contribution in [3.63, 3.8) is 0 Å². The lowest BCUT2D eigenvalue weighted by molar-refractivity contribution is -0.384.